The Morgan fingerprint density at radius 3 is 3.00 bits per heavy atom. The highest BCUT2D eigenvalue weighted by atomic mass is 32.1. The van der Waals surface area contributed by atoms with Gasteiger partial charge < -0.3 is 15.4 Å². The topological polar surface area (TPSA) is 63.2 Å². The maximum atomic E-state index is 12.0. The molecule has 1 atom stereocenters. The van der Waals surface area contributed by atoms with Gasteiger partial charge in [0.1, 0.15) is 5.69 Å². The molecule has 0 aliphatic carbocycles. The normalized spacial score (nSPS) is 17.6. The van der Waals surface area contributed by atoms with Crippen LogP contribution in [0, 0.1) is 0 Å². The maximum absolute atomic E-state index is 12.0. The molecule has 5 nitrogen and oxygen atoms in total. The molecule has 1 aromatic heterocycles. The smallest absolute Gasteiger partial charge is 0.270 e. The van der Waals surface area contributed by atoms with Crippen molar-refractivity contribution in [2.24, 2.45) is 0 Å². The van der Waals surface area contributed by atoms with Gasteiger partial charge in [0.05, 0.1) is 6.10 Å². The first-order chi connectivity index (χ1) is 10.3. The molecule has 3 rings (SSSR count). The van der Waals surface area contributed by atoms with Gasteiger partial charge in [-0.3, -0.25) is 4.79 Å². The van der Waals surface area contributed by atoms with Gasteiger partial charge in [-0.25, -0.2) is 4.98 Å². The Labute approximate surface area is 127 Å². The standard InChI is InChI=1S/C15H17N3O2S/c19-14(16-9-12-7-4-8-20-12)13-10-21-15(18-13)17-11-5-2-1-3-6-11/h1-3,5-6,10,12H,4,7-9H2,(H,16,19)(H,17,18)/t12-/m0/s1. The lowest BCUT2D eigenvalue weighted by molar-refractivity contribution is 0.0854. The number of para-hydroxylation sites is 1. The van der Waals surface area contributed by atoms with Gasteiger partial charge in [-0.15, -0.1) is 11.3 Å². The van der Waals surface area contributed by atoms with Crippen LogP contribution < -0.4 is 10.6 Å². The molecule has 1 saturated heterocycles. The van der Waals surface area contributed by atoms with Crippen molar-refractivity contribution in [2.75, 3.05) is 18.5 Å². The average Bonchev–Trinajstić information content (AvgIpc) is 3.17. The van der Waals surface area contributed by atoms with Crippen LogP contribution in [0.5, 0.6) is 0 Å². The summed E-state index contributed by atoms with van der Waals surface area (Å²) in [5, 5.41) is 8.52. The van der Waals surface area contributed by atoms with Crippen molar-refractivity contribution < 1.29 is 9.53 Å². The van der Waals surface area contributed by atoms with E-state index in [4.69, 9.17) is 4.74 Å². The molecule has 21 heavy (non-hydrogen) atoms. The molecule has 2 N–H and O–H groups in total. The van der Waals surface area contributed by atoms with E-state index in [1.54, 1.807) is 5.38 Å². The van der Waals surface area contributed by atoms with E-state index in [0.717, 1.165) is 25.1 Å². The second-order valence-corrected chi connectivity index (χ2v) is 5.73. The Balaban J connectivity index is 1.55. The average molecular weight is 303 g/mol. The third-order valence-electron chi connectivity index (χ3n) is 3.28. The van der Waals surface area contributed by atoms with E-state index in [-0.39, 0.29) is 12.0 Å². The van der Waals surface area contributed by atoms with Crippen LogP contribution >= 0.6 is 11.3 Å². The number of nitrogens with zero attached hydrogens (tertiary/aromatic N) is 1. The fraction of sp³-hybridized carbons (Fsp3) is 0.333. The highest BCUT2D eigenvalue weighted by Crippen LogP contribution is 2.20. The Bertz CT molecular complexity index is 594. The monoisotopic (exact) mass is 303 g/mol. The number of thiazole rings is 1. The van der Waals surface area contributed by atoms with E-state index < -0.39 is 0 Å². The SMILES string of the molecule is O=C(NC[C@@H]1CCCO1)c1csc(Nc2ccccc2)n1. The van der Waals surface area contributed by atoms with Crippen molar-refractivity contribution in [3.63, 3.8) is 0 Å². The Kier molecular flexibility index (Phi) is 4.47. The molecular weight excluding hydrogens is 286 g/mol. The molecule has 0 bridgehead atoms. The van der Waals surface area contributed by atoms with Crippen LogP contribution in [0.15, 0.2) is 35.7 Å². The predicted molar refractivity (Wildman–Crippen MR) is 83.1 cm³/mol. The molecule has 0 radical (unpaired) electrons. The molecule has 1 amide bonds. The van der Waals surface area contributed by atoms with Crippen LogP contribution in [0.2, 0.25) is 0 Å². The Hall–Kier alpha value is -1.92. The number of benzene rings is 1. The lowest BCUT2D eigenvalue weighted by Gasteiger charge is -2.09. The van der Waals surface area contributed by atoms with E-state index >= 15 is 0 Å². The summed E-state index contributed by atoms with van der Waals surface area (Å²) in [4.78, 5) is 16.3. The molecule has 1 fully saturated rings. The summed E-state index contributed by atoms with van der Waals surface area (Å²) in [6.07, 6.45) is 2.23. The molecule has 0 unspecified atom stereocenters. The van der Waals surface area contributed by atoms with Gasteiger partial charge in [-0.1, -0.05) is 18.2 Å². The largest absolute Gasteiger partial charge is 0.376 e. The van der Waals surface area contributed by atoms with Gasteiger partial charge in [0.25, 0.3) is 5.91 Å². The van der Waals surface area contributed by atoms with Crippen LogP contribution in [0.3, 0.4) is 0 Å². The number of carbonyl (C=O) groups excluding carboxylic acids is 1. The first-order valence-corrected chi connectivity index (χ1v) is 7.86. The number of carbonyl (C=O) groups is 1. The van der Waals surface area contributed by atoms with Gasteiger partial charge in [0, 0.05) is 24.2 Å². The number of rotatable bonds is 5. The number of aromatic nitrogens is 1. The van der Waals surface area contributed by atoms with Gasteiger partial charge in [-0.2, -0.15) is 0 Å². The quantitative estimate of drug-likeness (QED) is 0.891. The summed E-state index contributed by atoms with van der Waals surface area (Å²) >= 11 is 1.42. The summed E-state index contributed by atoms with van der Waals surface area (Å²) in [5.74, 6) is -0.150. The predicted octanol–water partition coefficient (Wildman–Crippen LogP) is 2.80. The molecule has 0 spiro atoms. The molecule has 2 aromatic rings. The van der Waals surface area contributed by atoms with E-state index in [0.29, 0.717) is 17.4 Å². The van der Waals surface area contributed by atoms with Crippen molar-refractivity contribution in [3.8, 4) is 0 Å². The summed E-state index contributed by atoms with van der Waals surface area (Å²) in [6, 6.07) is 9.77. The number of anilines is 2. The van der Waals surface area contributed by atoms with Gasteiger partial charge in [-0.05, 0) is 25.0 Å². The summed E-state index contributed by atoms with van der Waals surface area (Å²) in [6.45, 7) is 1.35. The fourth-order valence-corrected chi connectivity index (χ4v) is 2.89. The minimum Gasteiger partial charge on any atom is -0.376 e. The van der Waals surface area contributed by atoms with E-state index in [9.17, 15) is 4.79 Å². The van der Waals surface area contributed by atoms with Crippen LogP contribution in [0.1, 0.15) is 23.3 Å². The first-order valence-electron chi connectivity index (χ1n) is 6.98. The van der Waals surface area contributed by atoms with Crippen LogP contribution in [0.25, 0.3) is 0 Å². The lowest BCUT2D eigenvalue weighted by Crippen LogP contribution is -2.31. The minimum atomic E-state index is -0.150. The maximum Gasteiger partial charge on any atom is 0.270 e. The number of amides is 1. The molecular formula is C15H17N3O2S. The zero-order chi connectivity index (χ0) is 14.5. The third-order valence-corrected chi connectivity index (χ3v) is 4.03. The van der Waals surface area contributed by atoms with Crippen LogP contribution in [0.4, 0.5) is 10.8 Å². The highest BCUT2D eigenvalue weighted by molar-refractivity contribution is 7.14. The second kappa shape index (κ2) is 6.69. The van der Waals surface area contributed by atoms with E-state index in [1.807, 2.05) is 30.3 Å². The van der Waals surface area contributed by atoms with Crippen molar-refractivity contribution >= 4 is 28.1 Å². The van der Waals surface area contributed by atoms with Crippen LogP contribution in [-0.2, 0) is 4.74 Å². The molecule has 2 heterocycles. The lowest BCUT2D eigenvalue weighted by atomic mass is 10.2. The minimum absolute atomic E-state index is 0.148. The fourth-order valence-electron chi connectivity index (χ4n) is 2.18. The van der Waals surface area contributed by atoms with Crippen molar-refractivity contribution in [1.29, 1.82) is 0 Å². The summed E-state index contributed by atoms with van der Waals surface area (Å²) < 4.78 is 5.48. The van der Waals surface area contributed by atoms with Crippen molar-refractivity contribution in [1.82, 2.24) is 10.3 Å². The van der Waals surface area contributed by atoms with E-state index in [1.165, 1.54) is 11.3 Å². The Morgan fingerprint density at radius 1 is 1.38 bits per heavy atom. The van der Waals surface area contributed by atoms with Crippen molar-refractivity contribution in [2.45, 2.75) is 18.9 Å². The number of hydrogen-bond donors (Lipinski definition) is 2. The van der Waals surface area contributed by atoms with Gasteiger partial charge in [0.15, 0.2) is 5.13 Å². The Morgan fingerprint density at radius 2 is 2.24 bits per heavy atom. The third kappa shape index (κ3) is 3.80. The molecule has 1 aliphatic rings. The van der Waals surface area contributed by atoms with Gasteiger partial charge in [0.2, 0.25) is 0 Å². The molecule has 1 aliphatic heterocycles. The second-order valence-electron chi connectivity index (χ2n) is 4.87. The van der Waals surface area contributed by atoms with Crippen molar-refractivity contribution in [3.05, 3.63) is 41.4 Å². The molecule has 110 valence electrons. The van der Waals surface area contributed by atoms with Gasteiger partial charge >= 0.3 is 0 Å². The molecule has 6 heteroatoms. The summed E-state index contributed by atoms with van der Waals surface area (Å²) in [7, 11) is 0. The number of ether oxygens (including phenoxy) is 1. The van der Waals surface area contributed by atoms with Crippen LogP contribution in [-0.4, -0.2) is 30.1 Å². The highest BCUT2D eigenvalue weighted by Gasteiger charge is 2.17. The molecule has 1 aromatic carbocycles. The van der Waals surface area contributed by atoms with E-state index in [2.05, 4.69) is 15.6 Å². The molecule has 0 saturated carbocycles. The zero-order valence-electron chi connectivity index (χ0n) is 11.5. The zero-order valence-corrected chi connectivity index (χ0v) is 12.4. The summed E-state index contributed by atoms with van der Waals surface area (Å²) in [5.41, 5.74) is 1.40. The number of hydrogen-bond acceptors (Lipinski definition) is 5. The number of nitrogens with one attached hydrogen (secondary N) is 2. The first kappa shape index (κ1) is 14.0.